The van der Waals surface area contributed by atoms with Crippen LogP contribution in [-0.4, -0.2) is 23.9 Å². The molecule has 112 valence electrons. The van der Waals surface area contributed by atoms with Crippen molar-refractivity contribution in [2.24, 2.45) is 11.1 Å². The molecule has 0 bridgehead atoms. The fourth-order valence-corrected chi connectivity index (χ4v) is 3.92. The molecule has 1 aliphatic rings. The number of thiophene rings is 1. The minimum atomic E-state index is 0.164. The Kier molecular flexibility index (Phi) is 4.86. The molecular weight excluding hydrogens is 268 g/mol. The molecule has 1 amide bonds. The molecule has 4 heteroatoms. The third-order valence-corrected chi connectivity index (χ3v) is 5.43. The second-order valence-electron chi connectivity index (χ2n) is 6.52. The molecule has 1 atom stereocenters. The highest BCUT2D eigenvalue weighted by Gasteiger charge is 2.29. The van der Waals surface area contributed by atoms with Gasteiger partial charge in [-0.2, -0.15) is 0 Å². The van der Waals surface area contributed by atoms with Gasteiger partial charge in [-0.05, 0) is 55.2 Å². The molecule has 2 rings (SSSR count). The molecular formula is C16H26N2OS. The van der Waals surface area contributed by atoms with Crippen molar-refractivity contribution in [3.8, 4) is 0 Å². The molecule has 0 saturated carbocycles. The van der Waals surface area contributed by atoms with Crippen molar-refractivity contribution in [1.29, 1.82) is 0 Å². The molecule has 2 heterocycles. The molecule has 20 heavy (non-hydrogen) atoms. The minimum Gasteiger partial charge on any atom is -0.336 e. The number of amides is 1. The van der Waals surface area contributed by atoms with Gasteiger partial charge in [0.2, 0.25) is 5.91 Å². The largest absolute Gasteiger partial charge is 0.336 e. The lowest BCUT2D eigenvalue weighted by Crippen LogP contribution is -2.38. The van der Waals surface area contributed by atoms with E-state index < -0.39 is 0 Å². The van der Waals surface area contributed by atoms with Crippen LogP contribution in [0.25, 0.3) is 0 Å². The lowest BCUT2D eigenvalue weighted by molar-refractivity contribution is -0.134. The average Bonchev–Trinajstić information content (AvgIpc) is 2.86. The van der Waals surface area contributed by atoms with Crippen molar-refractivity contribution in [2.45, 2.75) is 52.5 Å². The molecule has 1 aromatic rings. The van der Waals surface area contributed by atoms with E-state index in [4.69, 9.17) is 5.73 Å². The van der Waals surface area contributed by atoms with Crippen molar-refractivity contribution in [1.82, 2.24) is 4.90 Å². The van der Waals surface area contributed by atoms with Gasteiger partial charge in [0.1, 0.15) is 0 Å². The first-order valence-corrected chi connectivity index (χ1v) is 8.38. The molecule has 1 aliphatic heterocycles. The Morgan fingerprint density at radius 2 is 2.25 bits per heavy atom. The Bertz CT molecular complexity index is 467. The van der Waals surface area contributed by atoms with Gasteiger partial charge >= 0.3 is 0 Å². The molecule has 3 nitrogen and oxygen atoms in total. The predicted octanol–water partition coefficient (Wildman–Crippen LogP) is 3.35. The summed E-state index contributed by atoms with van der Waals surface area (Å²) in [5, 5.41) is 2.14. The van der Waals surface area contributed by atoms with Gasteiger partial charge in [-0.25, -0.2) is 0 Å². The van der Waals surface area contributed by atoms with Crippen molar-refractivity contribution >= 4 is 17.2 Å². The van der Waals surface area contributed by atoms with Crippen LogP contribution in [-0.2, 0) is 11.2 Å². The number of hydrogen-bond donors (Lipinski definition) is 1. The van der Waals surface area contributed by atoms with Crippen LogP contribution in [0.2, 0.25) is 0 Å². The summed E-state index contributed by atoms with van der Waals surface area (Å²) >= 11 is 1.82. The fraction of sp³-hybridized carbons (Fsp3) is 0.688. The standard InChI is InChI=1S/C16H26N2OS/c1-12-13-6-11-20-14(13)5-10-18(12)15(19)4-7-16(2,3)8-9-17/h6,11-12H,4-5,7-10,17H2,1-3H3. The Morgan fingerprint density at radius 3 is 2.95 bits per heavy atom. The summed E-state index contributed by atoms with van der Waals surface area (Å²) in [5.41, 5.74) is 7.14. The number of fused-ring (bicyclic) bond motifs is 1. The molecule has 0 radical (unpaired) electrons. The molecule has 0 saturated heterocycles. The van der Waals surface area contributed by atoms with Gasteiger partial charge in [-0.15, -0.1) is 11.3 Å². The molecule has 1 aromatic heterocycles. The highest BCUT2D eigenvalue weighted by Crippen LogP contribution is 2.34. The quantitative estimate of drug-likeness (QED) is 0.905. The number of nitrogens with zero attached hydrogens (tertiary/aromatic N) is 1. The first-order valence-electron chi connectivity index (χ1n) is 7.50. The van der Waals surface area contributed by atoms with Crippen LogP contribution in [0.3, 0.4) is 0 Å². The van der Waals surface area contributed by atoms with E-state index in [1.165, 1.54) is 10.4 Å². The average molecular weight is 294 g/mol. The normalized spacial score (nSPS) is 19.0. The maximum Gasteiger partial charge on any atom is 0.223 e. The number of carbonyl (C=O) groups excluding carboxylic acids is 1. The molecule has 1 unspecified atom stereocenters. The summed E-state index contributed by atoms with van der Waals surface area (Å²) in [6, 6.07) is 2.40. The first kappa shape index (κ1) is 15.5. The van der Waals surface area contributed by atoms with Crippen molar-refractivity contribution in [2.75, 3.05) is 13.1 Å². The second-order valence-corrected chi connectivity index (χ2v) is 7.52. The van der Waals surface area contributed by atoms with E-state index >= 15 is 0 Å². The SMILES string of the molecule is CC1c2ccsc2CCN1C(=O)CCC(C)(C)CCN. The van der Waals surface area contributed by atoms with E-state index in [2.05, 4.69) is 32.2 Å². The van der Waals surface area contributed by atoms with Crippen molar-refractivity contribution in [3.63, 3.8) is 0 Å². The van der Waals surface area contributed by atoms with Gasteiger partial charge in [-0.3, -0.25) is 4.79 Å². The zero-order valence-corrected chi connectivity index (χ0v) is 13.6. The summed E-state index contributed by atoms with van der Waals surface area (Å²) in [5.74, 6) is 0.291. The lowest BCUT2D eigenvalue weighted by Gasteiger charge is -2.34. The smallest absolute Gasteiger partial charge is 0.223 e. The zero-order chi connectivity index (χ0) is 14.8. The molecule has 0 aliphatic carbocycles. The Labute approximate surface area is 126 Å². The van der Waals surface area contributed by atoms with Gasteiger partial charge in [0.05, 0.1) is 6.04 Å². The Balaban J connectivity index is 1.94. The van der Waals surface area contributed by atoms with Crippen LogP contribution >= 0.6 is 11.3 Å². The van der Waals surface area contributed by atoms with Gasteiger partial charge in [0, 0.05) is 17.8 Å². The number of hydrogen-bond acceptors (Lipinski definition) is 3. The Hall–Kier alpha value is -0.870. The van der Waals surface area contributed by atoms with Gasteiger partial charge in [0.15, 0.2) is 0 Å². The maximum absolute atomic E-state index is 12.5. The van der Waals surface area contributed by atoms with Crippen LogP contribution in [0.15, 0.2) is 11.4 Å². The third-order valence-electron chi connectivity index (χ3n) is 4.43. The summed E-state index contributed by atoms with van der Waals surface area (Å²) in [6.45, 7) is 8.10. The van der Waals surface area contributed by atoms with Gasteiger partial charge in [0.25, 0.3) is 0 Å². The number of rotatable bonds is 5. The van der Waals surface area contributed by atoms with E-state index in [1.54, 1.807) is 0 Å². The van der Waals surface area contributed by atoms with Crippen molar-refractivity contribution < 1.29 is 4.79 Å². The van der Waals surface area contributed by atoms with E-state index in [1.807, 2.05) is 16.2 Å². The monoisotopic (exact) mass is 294 g/mol. The van der Waals surface area contributed by atoms with Crippen LogP contribution in [0.1, 0.15) is 56.5 Å². The van der Waals surface area contributed by atoms with E-state index in [-0.39, 0.29) is 11.5 Å². The summed E-state index contributed by atoms with van der Waals surface area (Å²) in [6.07, 6.45) is 3.54. The van der Waals surface area contributed by atoms with Crippen LogP contribution in [0.4, 0.5) is 0 Å². The fourth-order valence-electron chi connectivity index (χ4n) is 2.95. The zero-order valence-electron chi connectivity index (χ0n) is 12.8. The molecule has 0 aromatic carbocycles. The summed E-state index contributed by atoms with van der Waals surface area (Å²) in [4.78, 5) is 16.0. The number of nitrogens with two attached hydrogens (primary N) is 1. The summed E-state index contributed by atoms with van der Waals surface area (Å²) < 4.78 is 0. The van der Waals surface area contributed by atoms with Gasteiger partial charge < -0.3 is 10.6 Å². The van der Waals surface area contributed by atoms with Gasteiger partial charge in [-0.1, -0.05) is 13.8 Å². The highest BCUT2D eigenvalue weighted by atomic mass is 32.1. The van der Waals surface area contributed by atoms with Crippen LogP contribution in [0, 0.1) is 5.41 Å². The van der Waals surface area contributed by atoms with Crippen LogP contribution < -0.4 is 5.73 Å². The minimum absolute atomic E-state index is 0.164. The maximum atomic E-state index is 12.5. The Morgan fingerprint density at radius 1 is 1.50 bits per heavy atom. The van der Waals surface area contributed by atoms with E-state index in [0.717, 1.165) is 25.8 Å². The second kappa shape index (κ2) is 6.27. The first-order chi connectivity index (χ1) is 9.44. The van der Waals surface area contributed by atoms with E-state index in [9.17, 15) is 4.79 Å². The molecule has 0 fully saturated rings. The third kappa shape index (κ3) is 3.41. The molecule has 2 N–H and O–H groups in total. The predicted molar refractivity (Wildman–Crippen MR) is 84.8 cm³/mol. The van der Waals surface area contributed by atoms with Crippen LogP contribution in [0.5, 0.6) is 0 Å². The van der Waals surface area contributed by atoms with Crippen molar-refractivity contribution in [3.05, 3.63) is 21.9 Å². The molecule has 0 spiro atoms. The number of carbonyl (C=O) groups is 1. The lowest BCUT2D eigenvalue weighted by atomic mass is 9.84. The van der Waals surface area contributed by atoms with E-state index in [0.29, 0.717) is 18.9 Å². The highest BCUT2D eigenvalue weighted by molar-refractivity contribution is 7.10. The topological polar surface area (TPSA) is 46.3 Å². The summed E-state index contributed by atoms with van der Waals surface area (Å²) in [7, 11) is 0.